The number of carbonyl (C=O) groups is 2. The highest BCUT2D eigenvalue weighted by Crippen LogP contribution is 2.33. The fraction of sp³-hybridized carbons (Fsp3) is 0.429. The lowest BCUT2D eigenvalue weighted by Crippen LogP contribution is -2.35. The maximum absolute atomic E-state index is 11.1. The molecule has 1 aliphatic carbocycles. The summed E-state index contributed by atoms with van der Waals surface area (Å²) in [6, 6.07) is 0. The second kappa shape index (κ2) is 6.79. The van der Waals surface area contributed by atoms with Crippen molar-refractivity contribution in [1.29, 1.82) is 0 Å². The predicted molar refractivity (Wildman–Crippen MR) is 67.7 cm³/mol. The van der Waals surface area contributed by atoms with Gasteiger partial charge in [-0.05, 0) is 19.3 Å². The maximum Gasteiger partial charge on any atom is 0.330 e. The maximum atomic E-state index is 11.1. The molecule has 0 radical (unpaired) electrons. The molecule has 0 saturated carbocycles. The smallest absolute Gasteiger partial charge is 0.330 e. The molecule has 0 amide bonds. The summed E-state index contributed by atoms with van der Waals surface area (Å²) in [5.41, 5.74) is -0.327. The Morgan fingerprint density at radius 3 is 2.06 bits per heavy atom. The highest BCUT2D eigenvalue weighted by atomic mass is 16.5. The Hall–Kier alpha value is -1.84. The van der Waals surface area contributed by atoms with E-state index in [-0.39, 0.29) is 18.6 Å². The van der Waals surface area contributed by atoms with Gasteiger partial charge in [-0.15, -0.1) is 0 Å². The molecule has 98 valence electrons. The van der Waals surface area contributed by atoms with Gasteiger partial charge in [-0.3, -0.25) is 0 Å². The summed E-state index contributed by atoms with van der Waals surface area (Å²) >= 11 is 0. The molecule has 0 aromatic rings. The van der Waals surface area contributed by atoms with Gasteiger partial charge in [0.25, 0.3) is 0 Å². The Labute approximate surface area is 107 Å². The monoisotopic (exact) mass is 250 g/mol. The van der Waals surface area contributed by atoms with Crippen molar-refractivity contribution in [3.05, 3.63) is 37.5 Å². The van der Waals surface area contributed by atoms with E-state index >= 15 is 0 Å². The summed E-state index contributed by atoms with van der Waals surface area (Å²) in [6.45, 7) is 7.15. The van der Waals surface area contributed by atoms with E-state index in [1.165, 1.54) is 0 Å². The summed E-state index contributed by atoms with van der Waals surface area (Å²) < 4.78 is 10.2. The minimum absolute atomic E-state index is 0.229. The Morgan fingerprint density at radius 1 is 1.11 bits per heavy atom. The first-order valence-electron chi connectivity index (χ1n) is 5.85. The van der Waals surface area contributed by atoms with E-state index in [0.717, 1.165) is 31.4 Å². The molecule has 18 heavy (non-hydrogen) atoms. The van der Waals surface area contributed by atoms with Gasteiger partial charge in [0.15, 0.2) is 0 Å². The largest absolute Gasteiger partial charge is 0.462 e. The summed E-state index contributed by atoms with van der Waals surface area (Å²) in [4.78, 5) is 22.2. The van der Waals surface area contributed by atoms with Crippen molar-refractivity contribution in [3.8, 4) is 0 Å². The van der Waals surface area contributed by atoms with Gasteiger partial charge in [-0.2, -0.15) is 0 Å². The second-order valence-corrected chi connectivity index (χ2v) is 4.34. The zero-order chi connectivity index (χ0) is 13.4. The van der Waals surface area contributed by atoms with Gasteiger partial charge in [0.05, 0.1) is 0 Å². The van der Waals surface area contributed by atoms with Crippen molar-refractivity contribution in [1.82, 2.24) is 0 Å². The van der Waals surface area contributed by atoms with Gasteiger partial charge in [-0.1, -0.05) is 25.3 Å². The molecule has 0 aromatic carbocycles. The van der Waals surface area contributed by atoms with Gasteiger partial charge < -0.3 is 9.47 Å². The van der Waals surface area contributed by atoms with E-state index in [1.54, 1.807) is 0 Å². The van der Waals surface area contributed by atoms with Crippen LogP contribution in [0.5, 0.6) is 0 Å². The van der Waals surface area contributed by atoms with E-state index < -0.39 is 11.9 Å². The number of esters is 2. The van der Waals surface area contributed by atoms with E-state index in [2.05, 4.69) is 19.2 Å². The topological polar surface area (TPSA) is 52.6 Å². The molecule has 0 spiro atoms. The molecule has 0 aromatic heterocycles. The van der Waals surface area contributed by atoms with Gasteiger partial charge in [0, 0.05) is 17.6 Å². The van der Waals surface area contributed by atoms with Crippen LogP contribution in [0.15, 0.2) is 37.5 Å². The third-order valence-electron chi connectivity index (χ3n) is 2.93. The van der Waals surface area contributed by atoms with Crippen LogP contribution in [-0.2, 0) is 19.1 Å². The zero-order valence-electron chi connectivity index (χ0n) is 10.4. The molecule has 0 heterocycles. The first-order valence-corrected chi connectivity index (χ1v) is 5.85. The van der Waals surface area contributed by atoms with Gasteiger partial charge in [0.1, 0.15) is 13.2 Å². The Morgan fingerprint density at radius 2 is 1.67 bits per heavy atom. The van der Waals surface area contributed by atoms with Crippen molar-refractivity contribution >= 4 is 11.9 Å². The summed E-state index contributed by atoms with van der Waals surface area (Å²) in [5, 5.41) is 0. The second-order valence-electron chi connectivity index (χ2n) is 4.34. The van der Waals surface area contributed by atoms with Gasteiger partial charge >= 0.3 is 11.9 Å². The molecule has 0 N–H and O–H groups in total. The third kappa shape index (κ3) is 4.20. The number of allylic oxidation sites excluding steroid dienone is 2. The lowest BCUT2D eigenvalue weighted by Gasteiger charge is -2.33. The standard InChI is InChI=1S/C14H18O4/c1-3-12(15)17-10-14(8-6-5-7-9-14)11-18-13(16)4-2/h3-6H,1-2,7-11H2. The van der Waals surface area contributed by atoms with E-state index in [9.17, 15) is 9.59 Å². The number of carbonyl (C=O) groups excluding carboxylic acids is 2. The molecule has 0 aliphatic heterocycles. The molecule has 0 bridgehead atoms. The van der Waals surface area contributed by atoms with Gasteiger partial charge in [0.2, 0.25) is 0 Å². The minimum Gasteiger partial charge on any atom is -0.462 e. The molecule has 4 nitrogen and oxygen atoms in total. The zero-order valence-corrected chi connectivity index (χ0v) is 10.4. The number of ether oxygens (including phenoxy) is 2. The summed E-state index contributed by atoms with van der Waals surface area (Å²) in [5.74, 6) is -0.919. The third-order valence-corrected chi connectivity index (χ3v) is 2.93. The van der Waals surface area contributed by atoms with Crippen LogP contribution in [0, 0.1) is 5.41 Å². The molecule has 0 fully saturated rings. The van der Waals surface area contributed by atoms with Gasteiger partial charge in [-0.25, -0.2) is 9.59 Å². The fourth-order valence-corrected chi connectivity index (χ4v) is 1.81. The lowest BCUT2D eigenvalue weighted by atomic mass is 9.78. The molecule has 1 rings (SSSR count). The minimum atomic E-state index is -0.459. The van der Waals surface area contributed by atoms with Crippen LogP contribution in [0.2, 0.25) is 0 Å². The molecule has 1 aliphatic rings. The first-order chi connectivity index (χ1) is 8.62. The normalized spacial score (nSPS) is 16.7. The Kier molecular flexibility index (Phi) is 5.36. The van der Waals surface area contributed by atoms with Crippen LogP contribution in [0.1, 0.15) is 19.3 Å². The number of hydrogen-bond acceptors (Lipinski definition) is 4. The Bertz CT molecular complexity index is 344. The van der Waals surface area contributed by atoms with Crippen LogP contribution >= 0.6 is 0 Å². The van der Waals surface area contributed by atoms with Crippen molar-refractivity contribution < 1.29 is 19.1 Å². The van der Waals surface area contributed by atoms with E-state index in [1.807, 2.05) is 6.08 Å². The molecule has 0 unspecified atom stereocenters. The van der Waals surface area contributed by atoms with Crippen molar-refractivity contribution in [2.24, 2.45) is 5.41 Å². The number of hydrogen-bond donors (Lipinski definition) is 0. The SMILES string of the molecule is C=CC(=O)OCC1(COC(=O)C=C)CC=CCC1. The fourth-order valence-electron chi connectivity index (χ4n) is 1.81. The average molecular weight is 250 g/mol. The highest BCUT2D eigenvalue weighted by molar-refractivity contribution is 5.81. The molecule has 4 heteroatoms. The van der Waals surface area contributed by atoms with Crippen LogP contribution in [0.3, 0.4) is 0 Å². The average Bonchev–Trinajstić information content (AvgIpc) is 2.43. The Balaban J connectivity index is 2.60. The molecular weight excluding hydrogens is 232 g/mol. The lowest BCUT2D eigenvalue weighted by molar-refractivity contribution is -0.148. The predicted octanol–water partition coefficient (Wildman–Crippen LogP) is 2.17. The van der Waals surface area contributed by atoms with Crippen LogP contribution in [0.4, 0.5) is 0 Å². The van der Waals surface area contributed by atoms with E-state index in [4.69, 9.17) is 9.47 Å². The highest BCUT2D eigenvalue weighted by Gasteiger charge is 2.33. The first kappa shape index (κ1) is 14.2. The molecular formula is C14H18O4. The van der Waals surface area contributed by atoms with Crippen molar-refractivity contribution in [2.75, 3.05) is 13.2 Å². The van der Waals surface area contributed by atoms with Crippen LogP contribution in [0.25, 0.3) is 0 Å². The summed E-state index contributed by atoms with van der Waals surface area (Å²) in [6.07, 6.45) is 8.78. The van der Waals surface area contributed by atoms with Crippen molar-refractivity contribution in [2.45, 2.75) is 19.3 Å². The molecule has 0 saturated heterocycles. The van der Waals surface area contributed by atoms with E-state index in [0.29, 0.717) is 0 Å². The molecule has 0 atom stereocenters. The number of rotatable bonds is 6. The van der Waals surface area contributed by atoms with Crippen LogP contribution in [-0.4, -0.2) is 25.2 Å². The summed E-state index contributed by atoms with van der Waals surface area (Å²) in [7, 11) is 0. The van der Waals surface area contributed by atoms with Crippen molar-refractivity contribution in [3.63, 3.8) is 0 Å². The van der Waals surface area contributed by atoms with Crippen LogP contribution < -0.4 is 0 Å². The quantitative estimate of drug-likeness (QED) is 0.412.